The summed E-state index contributed by atoms with van der Waals surface area (Å²) in [5, 5.41) is 0.898. The Labute approximate surface area is 108 Å². The van der Waals surface area contributed by atoms with Gasteiger partial charge in [-0.3, -0.25) is 4.79 Å². The second kappa shape index (κ2) is 7.31. The third-order valence-corrected chi connectivity index (χ3v) is 4.06. The lowest BCUT2D eigenvalue weighted by atomic mass is 10.0. The van der Waals surface area contributed by atoms with Gasteiger partial charge in [0.05, 0.1) is 0 Å². The first-order chi connectivity index (χ1) is 7.74. The zero-order valence-corrected chi connectivity index (χ0v) is 12.1. The monoisotopic (exact) mass is 289 g/mol. The quantitative estimate of drug-likeness (QED) is 0.685. The van der Waals surface area contributed by atoms with Gasteiger partial charge < -0.3 is 4.90 Å². The van der Waals surface area contributed by atoms with Crippen LogP contribution in [0.1, 0.15) is 52.4 Å². The fourth-order valence-electron chi connectivity index (χ4n) is 2.65. The molecule has 0 aromatic carbocycles. The number of nitrogens with zero attached hydrogens (tertiary/aromatic N) is 1. The Balaban J connectivity index is 2.63. The van der Waals surface area contributed by atoms with Crippen molar-refractivity contribution in [2.45, 2.75) is 58.4 Å². The molecule has 1 rings (SSSR count). The Morgan fingerprint density at radius 3 is 2.31 bits per heavy atom. The van der Waals surface area contributed by atoms with E-state index in [-0.39, 0.29) is 5.92 Å². The van der Waals surface area contributed by atoms with Crippen molar-refractivity contribution < 1.29 is 4.79 Å². The Morgan fingerprint density at radius 1 is 1.31 bits per heavy atom. The number of carbonyl (C=O) groups excluding carboxylic acids is 1. The van der Waals surface area contributed by atoms with Crippen molar-refractivity contribution in [2.75, 3.05) is 11.9 Å². The van der Waals surface area contributed by atoms with Crippen LogP contribution in [0.3, 0.4) is 0 Å². The lowest BCUT2D eigenvalue weighted by Gasteiger charge is -2.31. The molecule has 1 amide bonds. The molecule has 0 unspecified atom stereocenters. The lowest BCUT2D eigenvalue weighted by Crippen LogP contribution is -2.43. The van der Waals surface area contributed by atoms with Crippen LogP contribution < -0.4 is 0 Å². The van der Waals surface area contributed by atoms with E-state index < -0.39 is 0 Å². The summed E-state index contributed by atoms with van der Waals surface area (Å²) in [5.74, 6) is 0.621. The molecule has 1 aliphatic rings. The lowest BCUT2D eigenvalue weighted by molar-refractivity contribution is -0.137. The summed E-state index contributed by atoms with van der Waals surface area (Å²) in [6.07, 6.45) is 6.94. The molecule has 1 aliphatic carbocycles. The first kappa shape index (κ1) is 14.0. The molecule has 16 heavy (non-hydrogen) atoms. The van der Waals surface area contributed by atoms with Gasteiger partial charge in [-0.15, -0.1) is 0 Å². The number of carbonyl (C=O) groups is 1. The van der Waals surface area contributed by atoms with Crippen molar-refractivity contribution in [2.24, 2.45) is 5.92 Å². The van der Waals surface area contributed by atoms with Gasteiger partial charge in [0.15, 0.2) is 0 Å². The van der Waals surface area contributed by atoms with Crippen LogP contribution in [-0.2, 0) is 4.79 Å². The smallest absolute Gasteiger partial charge is 0.225 e. The zero-order chi connectivity index (χ0) is 12.0. The predicted octanol–water partition coefficient (Wildman–Crippen LogP) is 3.59. The molecule has 0 bridgehead atoms. The Bertz CT molecular complexity index is 210. The number of hydrogen-bond donors (Lipinski definition) is 0. The van der Waals surface area contributed by atoms with Gasteiger partial charge >= 0.3 is 0 Å². The first-order valence-electron chi connectivity index (χ1n) is 6.61. The number of amides is 1. The molecular weight excluding hydrogens is 266 g/mol. The zero-order valence-electron chi connectivity index (χ0n) is 10.5. The van der Waals surface area contributed by atoms with E-state index in [0.29, 0.717) is 11.9 Å². The second-order valence-corrected chi connectivity index (χ2v) is 5.47. The summed E-state index contributed by atoms with van der Waals surface area (Å²) < 4.78 is 0. The van der Waals surface area contributed by atoms with Crippen LogP contribution in [0.25, 0.3) is 0 Å². The average molecular weight is 290 g/mol. The maximum atomic E-state index is 12.4. The molecule has 1 saturated carbocycles. The van der Waals surface area contributed by atoms with Crippen LogP contribution in [0.15, 0.2) is 0 Å². The summed E-state index contributed by atoms with van der Waals surface area (Å²) >= 11 is 3.46. The topological polar surface area (TPSA) is 20.3 Å². The van der Waals surface area contributed by atoms with Gasteiger partial charge in [0.25, 0.3) is 0 Å². The van der Waals surface area contributed by atoms with Crippen LogP contribution in [0, 0.1) is 5.92 Å². The highest BCUT2D eigenvalue weighted by Gasteiger charge is 2.29. The highest BCUT2D eigenvalue weighted by molar-refractivity contribution is 9.09. The second-order valence-electron chi connectivity index (χ2n) is 4.67. The van der Waals surface area contributed by atoms with E-state index >= 15 is 0 Å². The fourth-order valence-corrected chi connectivity index (χ4v) is 3.03. The molecule has 0 spiro atoms. The standard InChI is InChI=1S/C13H24BrNO/c1-3-11(4-2)13(16)15(10-9-14)12-7-5-6-8-12/h11-12H,3-10H2,1-2H3. The van der Waals surface area contributed by atoms with Gasteiger partial charge in [-0.1, -0.05) is 42.6 Å². The van der Waals surface area contributed by atoms with E-state index in [1.165, 1.54) is 25.7 Å². The van der Waals surface area contributed by atoms with Gasteiger partial charge in [0.1, 0.15) is 0 Å². The van der Waals surface area contributed by atoms with Crippen molar-refractivity contribution in [3.8, 4) is 0 Å². The SMILES string of the molecule is CCC(CC)C(=O)N(CCBr)C1CCCC1. The van der Waals surface area contributed by atoms with E-state index in [1.54, 1.807) is 0 Å². The van der Waals surface area contributed by atoms with Gasteiger partial charge in [-0.25, -0.2) is 0 Å². The van der Waals surface area contributed by atoms with E-state index in [4.69, 9.17) is 0 Å². The minimum Gasteiger partial charge on any atom is -0.339 e. The molecule has 94 valence electrons. The minimum atomic E-state index is 0.236. The molecule has 0 atom stereocenters. The van der Waals surface area contributed by atoms with E-state index in [1.807, 2.05) is 0 Å². The van der Waals surface area contributed by atoms with Gasteiger partial charge in [-0.2, -0.15) is 0 Å². The Kier molecular flexibility index (Phi) is 6.40. The summed E-state index contributed by atoms with van der Waals surface area (Å²) in [4.78, 5) is 14.5. The molecular formula is C13H24BrNO. The molecule has 0 aromatic rings. The molecule has 1 fully saturated rings. The number of hydrogen-bond acceptors (Lipinski definition) is 1. The summed E-state index contributed by atoms with van der Waals surface area (Å²) in [6, 6.07) is 0.519. The van der Waals surface area contributed by atoms with Crippen molar-refractivity contribution in [3.05, 3.63) is 0 Å². The number of alkyl halides is 1. The largest absolute Gasteiger partial charge is 0.339 e. The van der Waals surface area contributed by atoms with Crippen molar-refractivity contribution in [3.63, 3.8) is 0 Å². The fraction of sp³-hybridized carbons (Fsp3) is 0.923. The van der Waals surface area contributed by atoms with Crippen LogP contribution in [0.2, 0.25) is 0 Å². The summed E-state index contributed by atoms with van der Waals surface area (Å²) in [7, 11) is 0. The van der Waals surface area contributed by atoms with E-state index in [0.717, 1.165) is 24.7 Å². The van der Waals surface area contributed by atoms with Gasteiger partial charge in [-0.05, 0) is 25.7 Å². The molecule has 3 heteroatoms. The maximum Gasteiger partial charge on any atom is 0.225 e. The van der Waals surface area contributed by atoms with Crippen molar-refractivity contribution in [1.29, 1.82) is 0 Å². The van der Waals surface area contributed by atoms with Crippen LogP contribution in [0.5, 0.6) is 0 Å². The van der Waals surface area contributed by atoms with Crippen LogP contribution >= 0.6 is 15.9 Å². The first-order valence-corrected chi connectivity index (χ1v) is 7.73. The highest BCUT2D eigenvalue weighted by atomic mass is 79.9. The molecule has 0 saturated heterocycles. The number of halogens is 1. The third-order valence-electron chi connectivity index (χ3n) is 3.71. The highest BCUT2D eigenvalue weighted by Crippen LogP contribution is 2.26. The Morgan fingerprint density at radius 2 is 1.88 bits per heavy atom. The molecule has 0 radical (unpaired) electrons. The van der Waals surface area contributed by atoms with Gasteiger partial charge in [0.2, 0.25) is 5.91 Å². The molecule has 2 nitrogen and oxygen atoms in total. The third kappa shape index (κ3) is 3.47. The number of rotatable bonds is 6. The van der Waals surface area contributed by atoms with E-state index in [2.05, 4.69) is 34.7 Å². The van der Waals surface area contributed by atoms with Crippen LogP contribution in [-0.4, -0.2) is 28.7 Å². The Hall–Kier alpha value is -0.0500. The molecule has 0 heterocycles. The maximum absolute atomic E-state index is 12.4. The summed E-state index contributed by atoms with van der Waals surface area (Å²) in [5.41, 5.74) is 0. The normalized spacial score (nSPS) is 17.0. The van der Waals surface area contributed by atoms with Crippen molar-refractivity contribution >= 4 is 21.8 Å². The van der Waals surface area contributed by atoms with Gasteiger partial charge in [0, 0.05) is 23.8 Å². The molecule has 0 N–H and O–H groups in total. The predicted molar refractivity (Wildman–Crippen MR) is 71.8 cm³/mol. The molecule has 0 aliphatic heterocycles. The van der Waals surface area contributed by atoms with E-state index in [9.17, 15) is 4.79 Å². The summed E-state index contributed by atoms with van der Waals surface area (Å²) in [6.45, 7) is 5.11. The molecule has 0 aromatic heterocycles. The average Bonchev–Trinajstić information content (AvgIpc) is 2.80. The van der Waals surface area contributed by atoms with Crippen molar-refractivity contribution in [1.82, 2.24) is 4.90 Å². The minimum absolute atomic E-state index is 0.236. The van der Waals surface area contributed by atoms with Crippen LogP contribution in [0.4, 0.5) is 0 Å².